The maximum absolute atomic E-state index is 15.5. The molecule has 2 heterocycles. The van der Waals surface area contributed by atoms with E-state index in [9.17, 15) is 0 Å². The maximum atomic E-state index is 15.5. The van der Waals surface area contributed by atoms with E-state index in [1.54, 1.807) is 6.07 Å². The first-order valence-corrected chi connectivity index (χ1v) is 13.2. The molecule has 0 unspecified atom stereocenters. The van der Waals surface area contributed by atoms with Gasteiger partial charge >= 0.3 is 0 Å². The number of aryl methyl sites for hydroxylation is 2. The van der Waals surface area contributed by atoms with Gasteiger partial charge in [0.25, 0.3) is 0 Å². The van der Waals surface area contributed by atoms with Crippen LogP contribution in [0.3, 0.4) is 0 Å². The van der Waals surface area contributed by atoms with Gasteiger partial charge in [0.1, 0.15) is 24.0 Å². The van der Waals surface area contributed by atoms with Gasteiger partial charge in [-0.2, -0.15) is 0 Å². The molecule has 2 aromatic heterocycles. The van der Waals surface area contributed by atoms with Crippen LogP contribution in [0.5, 0.6) is 0 Å². The van der Waals surface area contributed by atoms with E-state index in [4.69, 9.17) is 4.42 Å². The van der Waals surface area contributed by atoms with E-state index in [1.807, 2.05) is 31.4 Å². The molecule has 3 aromatic carbocycles. The molecule has 0 saturated heterocycles. The molecule has 4 heteroatoms. The van der Waals surface area contributed by atoms with E-state index in [1.165, 1.54) is 37.7 Å². The Hall–Kier alpha value is -3.40. The largest absolute Gasteiger partial charge is 0.456 e. The zero-order valence-electron chi connectivity index (χ0n) is 21.4. The number of nitrogens with zero attached hydrogens (tertiary/aromatic N) is 1. The summed E-state index contributed by atoms with van der Waals surface area (Å²) in [4.78, 5) is 0. The predicted octanol–water partition coefficient (Wildman–Crippen LogP) is 6.81. The number of benzene rings is 3. The normalized spacial score (nSPS) is 14.6. The molecule has 1 saturated carbocycles. The molecule has 5 aromatic rings. The van der Waals surface area contributed by atoms with E-state index in [0.717, 1.165) is 38.6 Å². The van der Waals surface area contributed by atoms with Crippen molar-refractivity contribution < 1.29 is 13.4 Å². The minimum absolute atomic E-state index is 0.118. The summed E-state index contributed by atoms with van der Waals surface area (Å²) in [5.74, 6) is 0.452. The molecule has 0 bridgehead atoms. The summed E-state index contributed by atoms with van der Waals surface area (Å²) in [5.41, 5.74) is 7.91. The van der Waals surface area contributed by atoms with E-state index < -0.39 is 0 Å². The van der Waals surface area contributed by atoms with Crippen LogP contribution in [0.25, 0.3) is 33.2 Å². The molecule has 0 atom stereocenters. The fourth-order valence-corrected chi connectivity index (χ4v) is 6.16. The zero-order valence-corrected chi connectivity index (χ0v) is 21.4. The Morgan fingerprint density at radius 2 is 1.58 bits per heavy atom. The fourth-order valence-electron chi connectivity index (χ4n) is 6.16. The lowest BCUT2D eigenvalue weighted by Crippen LogP contribution is -2.41. The molecule has 0 radical (unpaired) electrons. The van der Waals surface area contributed by atoms with Gasteiger partial charge in [-0.15, -0.1) is 0 Å². The monoisotopic (exact) mass is 476 g/mol. The average Bonchev–Trinajstić information content (AvgIpc) is 3.28. The molecular formula is C32H32BFNO+. The number of hydrogen-bond acceptors (Lipinski definition) is 1. The van der Waals surface area contributed by atoms with Crippen molar-refractivity contribution in [3.8, 4) is 11.3 Å². The highest BCUT2D eigenvalue weighted by Gasteiger charge is 2.26. The Balaban J connectivity index is 1.48. The summed E-state index contributed by atoms with van der Waals surface area (Å²) >= 11 is 0. The third-order valence-electron chi connectivity index (χ3n) is 8.26. The summed E-state index contributed by atoms with van der Waals surface area (Å²) in [5, 5.41) is 1.99. The van der Waals surface area contributed by atoms with Crippen LogP contribution in [-0.2, 0) is 7.05 Å². The summed E-state index contributed by atoms with van der Waals surface area (Å²) in [7, 11) is 2.04. The van der Waals surface area contributed by atoms with Gasteiger partial charge in [-0.3, -0.25) is 0 Å². The van der Waals surface area contributed by atoms with Crippen molar-refractivity contribution >= 4 is 39.6 Å². The van der Waals surface area contributed by atoms with Crippen LogP contribution >= 0.6 is 0 Å². The van der Waals surface area contributed by atoms with Gasteiger partial charge in [-0.1, -0.05) is 67.9 Å². The van der Waals surface area contributed by atoms with Gasteiger partial charge in [0.15, 0.2) is 6.20 Å². The van der Waals surface area contributed by atoms with Crippen LogP contribution in [0.15, 0.2) is 77.3 Å². The number of pyridine rings is 1. The number of halogens is 1. The van der Waals surface area contributed by atoms with Crippen LogP contribution in [0.4, 0.5) is 4.39 Å². The van der Waals surface area contributed by atoms with Crippen LogP contribution in [0, 0.1) is 12.7 Å². The van der Waals surface area contributed by atoms with Crippen LogP contribution in [-0.4, -0.2) is 6.71 Å². The van der Waals surface area contributed by atoms with E-state index in [0.29, 0.717) is 17.0 Å². The first-order valence-electron chi connectivity index (χ1n) is 13.2. The molecule has 1 aliphatic rings. The molecule has 1 aliphatic carbocycles. The van der Waals surface area contributed by atoms with Gasteiger partial charge in [-0.05, 0) is 55.0 Å². The van der Waals surface area contributed by atoms with Gasteiger partial charge in [0, 0.05) is 28.4 Å². The van der Waals surface area contributed by atoms with E-state index in [-0.39, 0.29) is 12.5 Å². The summed E-state index contributed by atoms with van der Waals surface area (Å²) in [6.45, 7) is 4.07. The Bertz CT molecular complexity index is 1560. The molecule has 36 heavy (non-hydrogen) atoms. The second-order valence-electron chi connectivity index (χ2n) is 10.5. The predicted molar refractivity (Wildman–Crippen MR) is 148 cm³/mol. The number of hydrogen-bond donors (Lipinski definition) is 0. The SMILES string of the molecule is CB(c1ccc(C2CCCCC2)cc1)c1c(F)ccc2c1oc1c(-c3cccc[n+]3C)c(C)ccc12. The number of fused-ring (bicyclic) bond motifs is 3. The lowest BCUT2D eigenvalue weighted by atomic mass is 9.42. The minimum atomic E-state index is -0.214. The van der Waals surface area contributed by atoms with E-state index in [2.05, 4.69) is 60.8 Å². The quantitative estimate of drug-likeness (QED) is 0.206. The number of furan rings is 1. The molecule has 1 fully saturated rings. The number of aromatic nitrogens is 1. The van der Waals surface area contributed by atoms with Crippen molar-refractivity contribution in [1.82, 2.24) is 0 Å². The van der Waals surface area contributed by atoms with Crippen molar-refractivity contribution in [1.29, 1.82) is 0 Å². The van der Waals surface area contributed by atoms with Gasteiger partial charge < -0.3 is 4.42 Å². The number of rotatable bonds is 4. The topological polar surface area (TPSA) is 17.0 Å². The molecule has 6 rings (SSSR count). The van der Waals surface area contributed by atoms with Crippen LogP contribution in [0.2, 0.25) is 6.82 Å². The van der Waals surface area contributed by atoms with Crippen molar-refractivity contribution in [2.75, 3.05) is 0 Å². The van der Waals surface area contributed by atoms with Crippen molar-refractivity contribution in [3.05, 3.63) is 89.9 Å². The summed E-state index contributed by atoms with van der Waals surface area (Å²) in [6.07, 6.45) is 8.61. The Morgan fingerprint density at radius 3 is 2.33 bits per heavy atom. The Morgan fingerprint density at radius 1 is 0.861 bits per heavy atom. The first-order chi connectivity index (χ1) is 17.5. The zero-order chi connectivity index (χ0) is 24.8. The highest BCUT2D eigenvalue weighted by Crippen LogP contribution is 2.37. The molecule has 180 valence electrons. The van der Waals surface area contributed by atoms with Gasteiger partial charge in [0.05, 0.1) is 5.56 Å². The molecule has 0 N–H and O–H groups in total. The van der Waals surface area contributed by atoms with Crippen molar-refractivity contribution in [3.63, 3.8) is 0 Å². The molecule has 2 nitrogen and oxygen atoms in total. The lowest BCUT2D eigenvalue weighted by Gasteiger charge is -2.22. The third kappa shape index (κ3) is 3.84. The molecule has 0 spiro atoms. The van der Waals surface area contributed by atoms with Gasteiger partial charge in [0.2, 0.25) is 12.4 Å². The summed E-state index contributed by atoms with van der Waals surface area (Å²) < 4.78 is 24.2. The molecular weight excluding hydrogens is 444 g/mol. The highest BCUT2D eigenvalue weighted by atomic mass is 19.1. The first kappa shape index (κ1) is 23.0. The maximum Gasteiger partial charge on any atom is 0.216 e. The summed E-state index contributed by atoms with van der Waals surface area (Å²) in [6, 6.07) is 22.8. The van der Waals surface area contributed by atoms with Crippen molar-refractivity contribution in [2.24, 2.45) is 7.05 Å². The average molecular weight is 476 g/mol. The van der Waals surface area contributed by atoms with Crippen LogP contribution in [0.1, 0.15) is 49.1 Å². The molecule has 0 aliphatic heterocycles. The fraction of sp³-hybridized carbons (Fsp3) is 0.281. The Labute approximate surface area is 212 Å². The standard InChI is InChI=1S/C32H32BFNO/c1-21-12-17-25-26-18-19-27(34)30(32(26)36-31(25)29(21)28-11-7-8-20-35(28)3)33(2)24-15-13-23(14-16-24)22-9-5-4-6-10-22/h7-8,11-20,22H,4-6,9-10H2,1-3H3/q+1. The van der Waals surface area contributed by atoms with E-state index >= 15 is 4.39 Å². The third-order valence-corrected chi connectivity index (χ3v) is 8.26. The van der Waals surface area contributed by atoms with Crippen molar-refractivity contribution in [2.45, 2.75) is 51.8 Å². The lowest BCUT2D eigenvalue weighted by molar-refractivity contribution is -0.660. The smallest absolute Gasteiger partial charge is 0.216 e. The van der Waals surface area contributed by atoms with Gasteiger partial charge in [-0.25, -0.2) is 8.96 Å². The Kier molecular flexibility index (Phi) is 5.91. The van der Waals surface area contributed by atoms with Crippen LogP contribution < -0.4 is 15.5 Å². The molecule has 0 amide bonds. The second-order valence-corrected chi connectivity index (χ2v) is 10.5. The second kappa shape index (κ2) is 9.24. The highest BCUT2D eigenvalue weighted by molar-refractivity contribution is 6.85. The minimum Gasteiger partial charge on any atom is -0.456 e.